The van der Waals surface area contributed by atoms with Gasteiger partial charge in [-0.25, -0.2) is 0 Å². The van der Waals surface area contributed by atoms with Crippen LogP contribution in [0.25, 0.3) is 0 Å². The van der Waals surface area contributed by atoms with E-state index in [2.05, 4.69) is 47.5 Å². The average molecular weight is 286 g/mol. The first-order valence-electron chi connectivity index (χ1n) is 8.31. The zero-order valence-electron chi connectivity index (χ0n) is 12.9. The zero-order valence-corrected chi connectivity index (χ0v) is 12.9. The second-order valence-corrected chi connectivity index (χ2v) is 6.60. The highest BCUT2D eigenvalue weighted by Crippen LogP contribution is 2.36. The van der Waals surface area contributed by atoms with Gasteiger partial charge in [0, 0.05) is 31.6 Å². The SMILES string of the molecule is CC1CN(C(=O)C2CCC(c3ccccc3)CC2)CCN1. The van der Waals surface area contributed by atoms with Crippen molar-refractivity contribution in [3.05, 3.63) is 35.9 Å². The van der Waals surface area contributed by atoms with Crippen LogP contribution in [0, 0.1) is 5.92 Å². The number of amides is 1. The number of hydrogen-bond acceptors (Lipinski definition) is 2. The summed E-state index contributed by atoms with van der Waals surface area (Å²) in [7, 11) is 0. The minimum absolute atomic E-state index is 0.260. The highest BCUT2D eigenvalue weighted by molar-refractivity contribution is 5.79. The first-order chi connectivity index (χ1) is 10.2. The number of nitrogens with zero attached hydrogens (tertiary/aromatic N) is 1. The van der Waals surface area contributed by atoms with Gasteiger partial charge < -0.3 is 10.2 Å². The lowest BCUT2D eigenvalue weighted by atomic mass is 9.78. The molecule has 1 saturated carbocycles. The molecule has 3 rings (SSSR count). The summed E-state index contributed by atoms with van der Waals surface area (Å²) in [6.07, 6.45) is 4.41. The van der Waals surface area contributed by atoms with Crippen molar-refractivity contribution in [1.82, 2.24) is 10.2 Å². The predicted octanol–water partition coefficient (Wildman–Crippen LogP) is 2.78. The van der Waals surface area contributed by atoms with Crippen LogP contribution >= 0.6 is 0 Å². The Morgan fingerprint density at radius 3 is 2.52 bits per heavy atom. The second kappa shape index (κ2) is 6.61. The monoisotopic (exact) mass is 286 g/mol. The molecule has 1 aliphatic heterocycles. The molecule has 114 valence electrons. The van der Waals surface area contributed by atoms with Gasteiger partial charge in [-0.2, -0.15) is 0 Å². The summed E-state index contributed by atoms with van der Waals surface area (Å²) in [6.45, 7) is 4.84. The molecule has 1 aromatic carbocycles. The number of hydrogen-bond donors (Lipinski definition) is 1. The molecule has 3 nitrogen and oxygen atoms in total. The highest BCUT2D eigenvalue weighted by Gasteiger charge is 2.31. The maximum atomic E-state index is 12.6. The van der Waals surface area contributed by atoms with Crippen LogP contribution in [0.1, 0.15) is 44.1 Å². The smallest absolute Gasteiger partial charge is 0.225 e. The van der Waals surface area contributed by atoms with E-state index in [1.165, 1.54) is 5.56 Å². The summed E-state index contributed by atoms with van der Waals surface area (Å²) in [5, 5.41) is 3.40. The summed E-state index contributed by atoms with van der Waals surface area (Å²) >= 11 is 0. The van der Waals surface area contributed by atoms with Gasteiger partial charge in [-0.3, -0.25) is 4.79 Å². The number of benzene rings is 1. The van der Waals surface area contributed by atoms with Gasteiger partial charge in [-0.15, -0.1) is 0 Å². The molecule has 0 aromatic heterocycles. The molecule has 1 saturated heterocycles. The minimum Gasteiger partial charge on any atom is -0.340 e. The Bertz CT molecular complexity index is 465. The summed E-state index contributed by atoms with van der Waals surface area (Å²) in [4.78, 5) is 14.7. The van der Waals surface area contributed by atoms with Crippen molar-refractivity contribution < 1.29 is 4.79 Å². The lowest BCUT2D eigenvalue weighted by Crippen LogP contribution is -2.53. The van der Waals surface area contributed by atoms with E-state index < -0.39 is 0 Å². The maximum Gasteiger partial charge on any atom is 0.225 e. The van der Waals surface area contributed by atoms with Crippen LogP contribution in [0.5, 0.6) is 0 Å². The lowest BCUT2D eigenvalue weighted by molar-refractivity contribution is -0.137. The predicted molar refractivity (Wildman–Crippen MR) is 85.2 cm³/mol. The van der Waals surface area contributed by atoms with Crippen molar-refractivity contribution >= 4 is 5.91 Å². The number of piperazine rings is 1. The van der Waals surface area contributed by atoms with Gasteiger partial charge in [0.1, 0.15) is 0 Å². The molecule has 0 spiro atoms. The summed E-state index contributed by atoms with van der Waals surface area (Å²) in [6, 6.07) is 11.2. The second-order valence-electron chi connectivity index (χ2n) is 6.60. The Morgan fingerprint density at radius 2 is 1.86 bits per heavy atom. The third-order valence-corrected chi connectivity index (χ3v) is 5.03. The molecule has 1 aliphatic carbocycles. The number of rotatable bonds is 2. The van der Waals surface area contributed by atoms with Crippen LogP contribution < -0.4 is 5.32 Å². The third kappa shape index (κ3) is 3.46. The van der Waals surface area contributed by atoms with Gasteiger partial charge in [0.15, 0.2) is 0 Å². The van der Waals surface area contributed by atoms with E-state index in [0.29, 0.717) is 17.9 Å². The molecule has 0 radical (unpaired) electrons. The third-order valence-electron chi connectivity index (χ3n) is 5.03. The van der Waals surface area contributed by atoms with E-state index in [9.17, 15) is 4.79 Å². The van der Waals surface area contributed by atoms with Gasteiger partial charge >= 0.3 is 0 Å². The lowest BCUT2D eigenvalue weighted by Gasteiger charge is -2.36. The zero-order chi connectivity index (χ0) is 14.7. The molecule has 1 unspecified atom stereocenters. The van der Waals surface area contributed by atoms with Crippen molar-refractivity contribution in [3.63, 3.8) is 0 Å². The van der Waals surface area contributed by atoms with E-state index >= 15 is 0 Å². The van der Waals surface area contributed by atoms with Crippen molar-refractivity contribution in [2.75, 3.05) is 19.6 Å². The fourth-order valence-corrected chi connectivity index (χ4v) is 3.79. The average Bonchev–Trinajstić information content (AvgIpc) is 2.55. The Balaban J connectivity index is 1.54. The van der Waals surface area contributed by atoms with Gasteiger partial charge in [0.05, 0.1) is 0 Å². The van der Waals surface area contributed by atoms with E-state index in [4.69, 9.17) is 0 Å². The van der Waals surface area contributed by atoms with Crippen LogP contribution in [0.2, 0.25) is 0 Å². The van der Waals surface area contributed by atoms with Gasteiger partial charge in [-0.05, 0) is 44.1 Å². The summed E-state index contributed by atoms with van der Waals surface area (Å²) < 4.78 is 0. The molecule has 21 heavy (non-hydrogen) atoms. The molecule has 2 fully saturated rings. The van der Waals surface area contributed by atoms with Gasteiger partial charge in [0.2, 0.25) is 5.91 Å². The molecular formula is C18H26N2O. The molecule has 1 aromatic rings. The number of carbonyl (C=O) groups excluding carboxylic acids is 1. The van der Waals surface area contributed by atoms with Crippen molar-refractivity contribution in [1.29, 1.82) is 0 Å². The molecule has 2 aliphatic rings. The fourth-order valence-electron chi connectivity index (χ4n) is 3.79. The Morgan fingerprint density at radius 1 is 1.14 bits per heavy atom. The van der Waals surface area contributed by atoms with E-state index in [0.717, 1.165) is 45.3 Å². The standard InChI is InChI=1S/C18H26N2O/c1-14-13-20(12-11-19-14)18(21)17-9-7-16(8-10-17)15-5-3-2-4-6-15/h2-6,14,16-17,19H,7-13H2,1H3. The molecule has 1 amide bonds. The van der Waals surface area contributed by atoms with Crippen LogP contribution in [-0.2, 0) is 4.79 Å². The molecule has 1 atom stereocenters. The van der Waals surface area contributed by atoms with Crippen LogP contribution in [0.4, 0.5) is 0 Å². The van der Waals surface area contributed by atoms with E-state index in [1.807, 2.05) is 0 Å². The van der Waals surface area contributed by atoms with Crippen molar-refractivity contribution in [2.45, 2.75) is 44.6 Å². The highest BCUT2D eigenvalue weighted by atomic mass is 16.2. The van der Waals surface area contributed by atoms with Crippen LogP contribution in [-0.4, -0.2) is 36.5 Å². The number of nitrogens with one attached hydrogen (secondary N) is 1. The fraction of sp³-hybridized carbons (Fsp3) is 0.611. The topological polar surface area (TPSA) is 32.3 Å². The molecule has 0 bridgehead atoms. The van der Waals surface area contributed by atoms with Gasteiger partial charge in [-0.1, -0.05) is 30.3 Å². The molecular weight excluding hydrogens is 260 g/mol. The van der Waals surface area contributed by atoms with Crippen molar-refractivity contribution in [3.8, 4) is 0 Å². The largest absolute Gasteiger partial charge is 0.340 e. The summed E-state index contributed by atoms with van der Waals surface area (Å²) in [5.41, 5.74) is 1.44. The Kier molecular flexibility index (Phi) is 4.59. The van der Waals surface area contributed by atoms with E-state index in [1.54, 1.807) is 0 Å². The van der Waals surface area contributed by atoms with Gasteiger partial charge in [0.25, 0.3) is 0 Å². The molecule has 1 heterocycles. The Hall–Kier alpha value is -1.35. The van der Waals surface area contributed by atoms with Crippen molar-refractivity contribution in [2.24, 2.45) is 5.92 Å². The normalized spacial score (nSPS) is 30.1. The van der Waals surface area contributed by atoms with Crippen LogP contribution in [0.15, 0.2) is 30.3 Å². The first-order valence-corrected chi connectivity index (χ1v) is 8.31. The maximum absolute atomic E-state index is 12.6. The van der Waals surface area contributed by atoms with Crippen LogP contribution in [0.3, 0.4) is 0 Å². The Labute approximate surface area is 127 Å². The quantitative estimate of drug-likeness (QED) is 0.906. The number of carbonyl (C=O) groups is 1. The minimum atomic E-state index is 0.260. The summed E-state index contributed by atoms with van der Waals surface area (Å²) in [5.74, 6) is 1.31. The first kappa shape index (κ1) is 14.6. The molecule has 1 N–H and O–H groups in total. The molecule has 3 heteroatoms. The van der Waals surface area contributed by atoms with E-state index in [-0.39, 0.29) is 5.92 Å².